The first kappa shape index (κ1) is 20.6. The van der Waals surface area contributed by atoms with Crippen molar-refractivity contribution < 1.29 is 4.79 Å². The summed E-state index contributed by atoms with van der Waals surface area (Å²) in [7, 11) is 0. The van der Waals surface area contributed by atoms with Gasteiger partial charge in [-0.1, -0.05) is 36.2 Å². The third kappa shape index (κ3) is 4.24. The van der Waals surface area contributed by atoms with Gasteiger partial charge in [0.05, 0.1) is 52.1 Å². The minimum atomic E-state index is -0.136. The molecule has 3 heterocycles. The van der Waals surface area contributed by atoms with Crippen molar-refractivity contribution in [3.8, 4) is 5.69 Å². The van der Waals surface area contributed by atoms with E-state index in [1.165, 1.54) is 17.2 Å². The number of hydrogen-bond acceptors (Lipinski definition) is 6. The third-order valence-electron chi connectivity index (χ3n) is 5.31. The minimum absolute atomic E-state index is 0.0415. The average molecular weight is 446 g/mol. The number of aromatic nitrogens is 5. The van der Waals surface area contributed by atoms with Crippen LogP contribution in [0.2, 0.25) is 10.0 Å². The molecule has 8 nitrogen and oxygen atoms in total. The SMILES string of the molecule is C[C@@H]1CCCN(C(=O)c2c(Cl)cccc2-n2nccn2)[C@@H]1CNc1ncc(Cl)cn1. The molecule has 4 rings (SSSR count). The number of amides is 1. The molecule has 0 unspecified atom stereocenters. The second-order valence-electron chi connectivity index (χ2n) is 7.24. The number of carbonyl (C=O) groups is 1. The van der Waals surface area contributed by atoms with Crippen LogP contribution in [0.3, 0.4) is 0 Å². The Morgan fingerprint density at radius 1 is 1.20 bits per heavy atom. The molecule has 1 aromatic carbocycles. The molecule has 1 aliphatic heterocycles. The highest BCUT2D eigenvalue weighted by atomic mass is 35.5. The van der Waals surface area contributed by atoms with Gasteiger partial charge in [0.25, 0.3) is 5.91 Å². The number of nitrogens with one attached hydrogen (secondary N) is 1. The highest BCUT2D eigenvalue weighted by Crippen LogP contribution is 2.30. The van der Waals surface area contributed by atoms with Gasteiger partial charge in [-0.15, -0.1) is 0 Å². The van der Waals surface area contributed by atoms with E-state index in [9.17, 15) is 4.79 Å². The molecule has 0 saturated carbocycles. The monoisotopic (exact) mass is 445 g/mol. The first-order valence-corrected chi connectivity index (χ1v) is 10.5. The number of piperidine rings is 1. The molecule has 1 N–H and O–H groups in total. The molecule has 1 saturated heterocycles. The molecular weight excluding hydrogens is 425 g/mol. The molecule has 1 amide bonds. The van der Waals surface area contributed by atoms with Crippen LogP contribution in [0.1, 0.15) is 30.1 Å². The van der Waals surface area contributed by atoms with Gasteiger partial charge in [0.15, 0.2) is 0 Å². The zero-order valence-corrected chi connectivity index (χ0v) is 17.9. The van der Waals surface area contributed by atoms with Gasteiger partial charge in [-0.25, -0.2) is 9.97 Å². The number of anilines is 1. The fourth-order valence-electron chi connectivity index (χ4n) is 3.79. The van der Waals surface area contributed by atoms with Crippen molar-refractivity contribution in [1.29, 1.82) is 0 Å². The zero-order chi connectivity index (χ0) is 21.1. The highest BCUT2D eigenvalue weighted by molar-refractivity contribution is 6.34. The lowest BCUT2D eigenvalue weighted by Gasteiger charge is -2.40. The Hall–Kier alpha value is -2.71. The van der Waals surface area contributed by atoms with Crippen LogP contribution in [0.5, 0.6) is 0 Å². The first-order valence-electron chi connectivity index (χ1n) is 9.72. The summed E-state index contributed by atoms with van der Waals surface area (Å²) in [4.78, 5) is 25.3. The van der Waals surface area contributed by atoms with E-state index in [1.54, 1.807) is 30.6 Å². The van der Waals surface area contributed by atoms with Crippen molar-refractivity contribution in [1.82, 2.24) is 29.9 Å². The van der Waals surface area contributed by atoms with E-state index in [4.69, 9.17) is 23.2 Å². The maximum atomic E-state index is 13.6. The van der Waals surface area contributed by atoms with Gasteiger partial charge in [-0.3, -0.25) is 4.79 Å². The molecule has 1 fully saturated rings. The third-order valence-corrected chi connectivity index (χ3v) is 5.82. The van der Waals surface area contributed by atoms with Crippen LogP contribution in [0, 0.1) is 5.92 Å². The van der Waals surface area contributed by atoms with E-state index in [-0.39, 0.29) is 11.9 Å². The van der Waals surface area contributed by atoms with E-state index in [0.29, 0.717) is 46.3 Å². The lowest BCUT2D eigenvalue weighted by Crippen LogP contribution is -2.51. The Labute approximate surface area is 184 Å². The molecule has 10 heteroatoms. The van der Waals surface area contributed by atoms with E-state index in [1.807, 2.05) is 4.90 Å². The van der Waals surface area contributed by atoms with Gasteiger partial charge >= 0.3 is 0 Å². The summed E-state index contributed by atoms with van der Waals surface area (Å²) in [6.45, 7) is 3.32. The van der Waals surface area contributed by atoms with Crippen LogP contribution < -0.4 is 5.32 Å². The molecule has 156 valence electrons. The van der Waals surface area contributed by atoms with Gasteiger partial charge in [-0.05, 0) is 30.9 Å². The summed E-state index contributed by atoms with van der Waals surface area (Å²) < 4.78 is 0. The summed E-state index contributed by atoms with van der Waals surface area (Å²) in [5, 5.41) is 12.4. The second kappa shape index (κ2) is 8.97. The zero-order valence-electron chi connectivity index (χ0n) is 16.4. The smallest absolute Gasteiger partial charge is 0.257 e. The minimum Gasteiger partial charge on any atom is -0.352 e. The predicted molar refractivity (Wildman–Crippen MR) is 115 cm³/mol. The normalized spacial score (nSPS) is 19.0. The topological polar surface area (TPSA) is 88.8 Å². The van der Waals surface area contributed by atoms with Crippen LogP contribution in [-0.4, -0.2) is 54.9 Å². The molecule has 30 heavy (non-hydrogen) atoms. The number of rotatable bonds is 5. The van der Waals surface area contributed by atoms with E-state index in [0.717, 1.165) is 12.8 Å². The largest absolute Gasteiger partial charge is 0.352 e. The molecule has 0 spiro atoms. The maximum absolute atomic E-state index is 13.6. The molecule has 3 aromatic rings. The predicted octanol–water partition coefficient (Wildman–Crippen LogP) is 3.72. The maximum Gasteiger partial charge on any atom is 0.257 e. The molecule has 0 aliphatic carbocycles. The van der Waals surface area contributed by atoms with Crippen LogP contribution >= 0.6 is 23.2 Å². The number of nitrogens with zero attached hydrogens (tertiary/aromatic N) is 6. The van der Waals surface area contributed by atoms with Crippen LogP contribution in [0.25, 0.3) is 5.69 Å². The van der Waals surface area contributed by atoms with Crippen LogP contribution in [-0.2, 0) is 0 Å². The molecule has 0 bridgehead atoms. The highest BCUT2D eigenvalue weighted by Gasteiger charge is 2.34. The van der Waals surface area contributed by atoms with Gasteiger partial charge in [0.2, 0.25) is 5.95 Å². The second-order valence-corrected chi connectivity index (χ2v) is 8.09. The van der Waals surface area contributed by atoms with E-state index in [2.05, 4.69) is 32.4 Å². The van der Waals surface area contributed by atoms with Gasteiger partial charge < -0.3 is 10.2 Å². The number of likely N-dealkylation sites (tertiary alicyclic amines) is 1. The molecular formula is C20H21Cl2N7O. The Kier molecular flexibility index (Phi) is 6.15. The first-order chi connectivity index (χ1) is 14.5. The molecule has 2 atom stereocenters. The summed E-state index contributed by atoms with van der Waals surface area (Å²) in [5.41, 5.74) is 0.959. The number of hydrogen-bond donors (Lipinski definition) is 1. The summed E-state index contributed by atoms with van der Waals surface area (Å²) >= 11 is 12.3. The van der Waals surface area contributed by atoms with Gasteiger partial charge in [-0.2, -0.15) is 15.0 Å². The standard InChI is InChI=1S/C20H21Cl2N7O/c1-13-4-3-9-28(17(13)12-25-20-23-10-14(21)11-24-20)19(30)18-15(22)5-2-6-16(18)29-26-7-8-27-29/h2,5-8,10-11,13,17H,3-4,9,12H2,1H3,(H,23,24,25)/t13-,17-/m1/s1. The number of halogens is 2. The van der Waals surface area contributed by atoms with Gasteiger partial charge in [0, 0.05) is 13.1 Å². The molecule has 1 aliphatic rings. The summed E-state index contributed by atoms with van der Waals surface area (Å²) in [6, 6.07) is 5.25. The van der Waals surface area contributed by atoms with Crippen molar-refractivity contribution in [2.24, 2.45) is 5.92 Å². The molecule has 2 aromatic heterocycles. The van der Waals surface area contributed by atoms with Crippen molar-refractivity contribution in [3.63, 3.8) is 0 Å². The van der Waals surface area contributed by atoms with Gasteiger partial charge in [0.1, 0.15) is 0 Å². The Morgan fingerprint density at radius 2 is 1.93 bits per heavy atom. The quantitative estimate of drug-likeness (QED) is 0.643. The lowest BCUT2D eigenvalue weighted by molar-refractivity contribution is 0.0539. The summed E-state index contributed by atoms with van der Waals surface area (Å²) in [5.74, 6) is 0.642. The summed E-state index contributed by atoms with van der Waals surface area (Å²) in [6.07, 6.45) is 8.18. The van der Waals surface area contributed by atoms with Crippen molar-refractivity contribution in [2.75, 3.05) is 18.4 Å². The van der Waals surface area contributed by atoms with E-state index >= 15 is 0 Å². The fraction of sp³-hybridized carbons (Fsp3) is 0.350. The number of benzene rings is 1. The average Bonchev–Trinajstić information content (AvgIpc) is 3.28. The molecule has 0 radical (unpaired) electrons. The van der Waals surface area contributed by atoms with Crippen molar-refractivity contribution in [2.45, 2.75) is 25.8 Å². The van der Waals surface area contributed by atoms with Crippen molar-refractivity contribution in [3.05, 3.63) is 58.6 Å². The number of carbonyl (C=O) groups excluding carboxylic acids is 1. The van der Waals surface area contributed by atoms with Crippen LogP contribution in [0.4, 0.5) is 5.95 Å². The Bertz CT molecular complexity index is 1010. The van der Waals surface area contributed by atoms with E-state index < -0.39 is 0 Å². The van der Waals surface area contributed by atoms with Crippen molar-refractivity contribution >= 4 is 35.1 Å². The Balaban J connectivity index is 1.61. The fourth-order valence-corrected chi connectivity index (χ4v) is 4.13. The van der Waals surface area contributed by atoms with Crippen LogP contribution in [0.15, 0.2) is 43.0 Å². The lowest BCUT2D eigenvalue weighted by atomic mass is 9.90. The Morgan fingerprint density at radius 3 is 2.67 bits per heavy atom.